The van der Waals surface area contributed by atoms with Crippen molar-refractivity contribution in [1.29, 1.82) is 0 Å². The zero-order chi connectivity index (χ0) is 21.3. The summed E-state index contributed by atoms with van der Waals surface area (Å²) >= 11 is 0. The molecule has 2 aromatic carbocycles. The Morgan fingerprint density at radius 2 is 1.86 bits per heavy atom. The van der Waals surface area contributed by atoms with Gasteiger partial charge in [-0.25, -0.2) is 4.98 Å². The molecule has 0 saturated carbocycles. The van der Waals surface area contributed by atoms with Crippen LogP contribution in [0.1, 0.15) is 31.1 Å². The molecule has 1 unspecified atom stereocenters. The molecule has 0 saturated heterocycles. The number of carbonyl (C=O) groups excluding carboxylic acids is 1. The van der Waals surface area contributed by atoms with Gasteiger partial charge in [0, 0.05) is 12.2 Å². The minimum atomic E-state index is -4.92. The van der Waals surface area contributed by atoms with Crippen LogP contribution in [0.15, 0.2) is 53.3 Å². The third kappa shape index (κ3) is 3.87. The van der Waals surface area contributed by atoms with Crippen molar-refractivity contribution in [2.24, 2.45) is 0 Å². The minimum absolute atomic E-state index is 0.00215. The first kappa shape index (κ1) is 20.6. The standard InChI is InChI=1S/C21H20F3N3O2/c1-4-26(15-9-7-8-13(2)12-15)19(28)14(3)27-17-11-6-5-10-16(17)25-18(20(27)29)21(22,23)24/h5-12,14H,4H2,1-3H3. The van der Waals surface area contributed by atoms with Gasteiger partial charge in [0.2, 0.25) is 11.6 Å². The van der Waals surface area contributed by atoms with E-state index in [-0.39, 0.29) is 11.0 Å². The quantitative estimate of drug-likeness (QED) is 0.651. The van der Waals surface area contributed by atoms with Gasteiger partial charge in [-0.15, -0.1) is 0 Å². The van der Waals surface area contributed by atoms with Gasteiger partial charge in [-0.3, -0.25) is 14.2 Å². The van der Waals surface area contributed by atoms with E-state index in [4.69, 9.17) is 0 Å². The molecule has 152 valence electrons. The second-order valence-corrected chi connectivity index (χ2v) is 6.72. The fraction of sp³-hybridized carbons (Fsp3) is 0.286. The molecule has 0 aliphatic heterocycles. The number of benzene rings is 2. The average molecular weight is 403 g/mol. The van der Waals surface area contributed by atoms with Gasteiger partial charge in [-0.2, -0.15) is 13.2 Å². The summed E-state index contributed by atoms with van der Waals surface area (Å²) in [4.78, 5) is 30.8. The number of halogens is 3. The zero-order valence-electron chi connectivity index (χ0n) is 16.2. The predicted octanol–water partition coefficient (Wildman–Crippen LogP) is 4.34. The van der Waals surface area contributed by atoms with Crippen molar-refractivity contribution in [3.05, 3.63) is 70.1 Å². The third-order valence-corrected chi connectivity index (χ3v) is 4.70. The van der Waals surface area contributed by atoms with Crippen LogP contribution in [0.3, 0.4) is 0 Å². The first-order chi connectivity index (χ1) is 13.6. The molecule has 3 rings (SSSR count). The van der Waals surface area contributed by atoms with Gasteiger partial charge in [0.1, 0.15) is 6.04 Å². The fourth-order valence-corrected chi connectivity index (χ4v) is 3.32. The smallest absolute Gasteiger partial charge is 0.311 e. The SMILES string of the molecule is CCN(C(=O)C(C)n1c(=O)c(C(F)(F)F)nc2ccccc21)c1cccc(C)c1. The molecule has 1 atom stereocenters. The van der Waals surface area contributed by atoms with Crippen molar-refractivity contribution in [2.75, 3.05) is 11.4 Å². The molecule has 0 aliphatic carbocycles. The predicted molar refractivity (Wildman–Crippen MR) is 105 cm³/mol. The van der Waals surface area contributed by atoms with Crippen LogP contribution < -0.4 is 10.5 Å². The van der Waals surface area contributed by atoms with E-state index in [0.29, 0.717) is 12.2 Å². The van der Waals surface area contributed by atoms with Crippen molar-refractivity contribution in [3.63, 3.8) is 0 Å². The number of likely N-dealkylation sites (N-methyl/N-ethyl adjacent to an activating group) is 1. The maximum Gasteiger partial charge on any atom is 0.438 e. The van der Waals surface area contributed by atoms with Gasteiger partial charge in [-0.1, -0.05) is 24.3 Å². The third-order valence-electron chi connectivity index (χ3n) is 4.70. The highest BCUT2D eigenvalue weighted by atomic mass is 19.4. The summed E-state index contributed by atoms with van der Waals surface area (Å²) in [5.41, 5.74) is -1.14. The highest BCUT2D eigenvalue weighted by Gasteiger charge is 2.38. The topological polar surface area (TPSA) is 55.2 Å². The second kappa shape index (κ2) is 7.69. The van der Waals surface area contributed by atoms with Crippen LogP contribution in [-0.2, 0) is 11.0 Å². The molecule has 0 aliphatic rings. The van der Waals surface area contributed by atoms with Crippen molar-refractivity contribution in [1.82, 2.24) is 9.55 Å². The van der Waals surface area contributed by atoms with E-state index in [1.165, 1.54) is 30.0 Å². The van der Waals surface area contributed by atoms with E-state index in [1.807, 2.05) is 19.1 Å². The van der Waals surface area contributed by atoms with Crippen LogP contribution in [0.25, 0.3) is 11.0 Å². The Hall–Kier alpha value is -3.16. The van der Waals surface area contributed by atoms with Gasteiger partial charge < -0.3 is 4.90 Å². The van der Waals surface area contributed by atoms with Crippen molar-refractivity contribution < 1.29 is 18.0 Å². The fourth-order valence-electron chi connectivity index (χ4n) is 3.32. The number of carbonyl (C=O) groups is 1. The highest BCUT2D eigenvalue weighted by molar-refractivity contribution is 5.96. The lowest BCUT2D eigenvalue weighted by molar-refractivity contribution is -0.142. The minimum Gasteiger partial charge on any atom is -0.311 e. The zero-order valence-corrected chi connectivity index (χ0v) is 16.2. The molecule has 0 radical (unpaired) electrons. The van der Waals surface area contributed by atoms with Crippen molar-refractivity contribution >= 4 is 22.6 Å². The molecule has 0 spiro atoms. The number of amides is 1. The Labute approximate surface area is 165 Å². The lowest BCUT2D eigenvalue weighted by Gasteiger charge is -2.27. The molecule has 0 fully saturated rings. The average Bonchev–Trinajstić information content (AvgIpc) is 2.66. The summed E-state index contributed by atoms with van der Waals surface area (Å²) in [5, 5.41) is 0. The molecule has 29 heavy (non-hydrogen) atoms. The van der Waals surface area contributed by atoms with Crippen LogP contribution in [0.4, 0.5) is 18.9 Å². The number of rotatable bonds is 4. The van der Waals surface area contributed by atoms with Gasteiger partial charge in [0.05, 0.1) is 11.0 Å². The van der Waals surface area contributed by atoms with Gasteiger partial charge in [0.15, 0.2) is 0 Å². The number of alkyl halides is 3. The summed E-state index contributed by atoms with van der Waals surface area (Å²) in [5.74, 6) is -0.482. The molecule has 8 heteroatoms. The summed E-state index contributed by atoms with van der Waals surface area (Å²) in [6.07, 6.45) is -4.92. The van der Waals surface area contributed by atoms with Gasteiger partial charge in [-0.05, 0) is 50.6 Å². The summed E-state index contributed by atoms with van der Waals surface area (Å²) in [6.45, 7) is 5.37. The number of aromatic nitrogens is 2. The van der Waals surface area contributed by atoms with E-state index in [0.717, 1.165) is 10.1 Å². The molecule has 0 bridgehead atoms. The van der Waals surface area contributed by atoms with E-state index in [2.05, 4.69) is 4.98 Å². The Bertz CT molecular complexity index is 1120. The molecule has 1 amide bonds. The number of para-hydroxylation sites is 2. The first-order valence-electron chi connectivity index (χ1n) is 9.11. The normalized spacial score (nSPS) is 12.8. The molecule has 1 heterocycles. The Morgan fingerprint density at radius 3 is 2.48 bits per heavy atom. The Kier molecular flexibility index (Phi) is 5.46. The van der Waals surface area contributed by atoms with Crippen LogP contribution in [-0.4, -0.2) is 22.0 Å². The Morgan fingerprint density at radius 1 is 1.17 bits per heavy atom. The Balaban J connectivity index is 2.17. The summed E-state index contributed by atoms with van der Waals surface area (Å²) < 4.78 is 41.0. The highest BCUT2D eigenvalue weighted by Crippen LogP contribution is 2.28. The summed E-state index contributed by atoms with van der Waals surface area (Å²) in [6, 6.07) is 12.1. The van der Waals surface area contributed by atoms with Crippen molar-refractivity contribution in [3.8, 4) is 0 Å². The van der Waals surface area contributed by atoms with E-state index in [9.17, 15) is 22.8 Å². The number of anilines is 1. The van der Waals surface area contributed by atoms with Crippen LogP contribution >= 0.6 is 0 Å². The number of hydrogen-bond donors (Lipinski definition) is 0. The molecule has 1 aromatic heterocycles. The van der Waals surface area contributed by atoms with Gasteiger partial charge in [0.25, 0.3) is 5.56 Å². The monoisotopic (exact) mass is 403 g/mol. The number of aryl methyl sites for hydroxylation is 1. The number of fused-ring (bicyclic) bond motifs is 1. The molecular formula is C21H20F3N3O2. The van der Waals surface area contributed by atoms with E-state index >= 15 is 0 Å². The maximum atomic E-state index is 13.4. The van der Waals surface area contributed by atoms with Crippen LogP contribution in [0, 0.1) is 6.92 Å². The van der Waals surface area contributed by atoms with E-state index in [1.54, 1.807) is 25.1 Å². The summed E-state index contributed by atoms with van der Waals surface area (Å²) in [7, 11) is 0. The molecule has 0 N–H and O–H groups in total. The lowest BCUT2D eigenvalue weighted by Crippen LogP contribution is -2.41. The largest absolute Gasteiger partial charge is 0.438 e. The van der Waals surface area contributed by atoms with Crippen LogP contribution in [0.5, 0.6) is 0 Å². The molecule has 3 aromatic rings. The number of hydrogen-bond acceptors (Lipinski definition) is 3. The van der Waals surface area contributed by atoms with Crippen LogP contribution in [0.2, 0.25) is 0 Å². The van der Waals surface area contributed by atoms with Crippen molar-refractivity contribution in [2.45, 2.75) is 33.0 Å². The lowest BCUT2D eigenvalue weighted by atomic mass is 10.1. The second-order valence-electron chi connectivity index (χ2n) is 6.72. The molecule has 5 nitrogen and oxygen atoms in total. The molecular weight excluding hydrogens is 383 g/mol. The van der Waals surface area contributed by atoms with Gasteiger partial charge >= 0.3 is 6.18 Å². The van der Waals surface area contributed by atoms with E-state index < -0.39 is 29.4 Å². The first-order valence-corrected chi connectivity index (χ1v) is 9.11. The maximum absolute atomic E-state index is 13.4. The number of nitrogens with zero attached hydrogens (tertiary/aromatic N) is 3.